The quantitative estimate of drug-likeness (QED) is 0.713. The second-order valence-electron chi connectivity index (χ2n) is 5.56. The molecule has 2 aromatic carbocycles. The molecule has 5 N–H and O–H groups in total. The monoisotopic (exact) mass is 376 g/mol. The smallest absolute Gasteiger partial charge is 0.437 e. The Morgan fingerprint density at radius 1 is 1.11 bits per heavy atom. The van der Waals surface area contributed by atoms with Crippen LogP contribution in [0, 0.1) is 5.41 Å². The number of aliphatic imine (C=N–C) groups is 1. The SMILES string of the molecule is COc1cc(N=C2C(=N)N(c3ccccc3)N=C2C(F)(F)F)c(N)cc1N. The van der Waals surface area contributed by atoms with E-state index in [2.05, 4.69) is 10.1 Å². The molecule has 0 amide bonds. The number of nitrogens with one attached hydrogen (secondary N) is 1. The van der Waals surface area contributed by atoms with Gasteiger partial charge < -0.3 is 16.2 Å². The lowest BCUT2D eigenvalue weighted by Gasteiger charge is -2.13. The van der Waals surface area contributed by atoms with Crippen molar-refractivity contribution < 1.29 is 17.9 Å². The van der Waals surface area contributed by atoms with Crippen molar-refractivity contribution in [2.45, 2.75) is 6.18 Å². The number of ether oxygens (including phenoxy) is 1. The number of nitrogens with zero attached hydrogens (tertiary/aromatic N) is 3. The molecule has 0 saturated carbocycles. The minimum atomic E-state index is -4.80. The molecule has 3 rings (SSSR count). The van der Waals surface area contributed by atoms with Crippen LogP contribution >= 0.6 is 0 Å². The second kappa shape index (κ2) is 6.63. The number of halogens is 3. The van der Waals surface area contributed by atoms with E-state index in [1.54, 1.807) is 18.2 Å². The number of rotatable bonds is 3. The molecular formula is C17H15F3N6O. The van der Waals surface area contributed by atoms with E-state index in [9.17, 15) is 13.2 Å². The van der Waals surface area contributed by atoms with Gasteiger partial charge in [0.25, 0.3) is 0 Å². The summed E-state index contributed by atoms with van der Waals surface area (Å²) in [5.74, 6) is -0.317. The van der Waals surface area contributed by atoms with Gasteiger partial charge in [0.15, 0.2) is 11.5 Å². The number of anilines is 3. The zero-order valence-corrected chi connectivity index (χ0v) is 14.1. The molecule has 0 bridgehead atoms. The average molecular weight is 376 g/mol. The molecule has 0 aromatic heterocycles. The number of hydrazone groups is 1. The molecule has 0 saturated heterocycles. The third-order valence-corrected chi connectivity index (χ3v) is 3.74. The molecule has 1 aliphatic heterocycles. The van der Waals surface area contributed by atoms with Gasteiger partial charge in [-0.05, 0) is 18.2 Å². The van der Waals surface area contributed by atoms with Crippen LogP contribution in [0.5, 0.6) is 5.75 Å². The number of amidine groups is 1. The Labute approximate surface area is 152 Å². The molecule has 1 aliphatic rings. The van der Waals surface area contributed by atoms with Crippen molar-refractivity contribution in [2.24, 2.45) is 10.1 Å². The topological polar surface area (TPSA) is 113 Å². The molecule has 140 valence electrons. The van der Waals surface area contributed by atoms with Crippen LogP contribution in [0.25, 0.3) is 0 Å². The lowest BCUT2D eigenvalue weighted by Crippen LogP contribution is -2.33. The maximum Gasteiger partial charge on any atom is 0.437 e. The number of methoxy groups -OCH3 is 1. The van der Waals surface area contributed by atoms with E-state index < -0.39 is 23.4 Å². The maximum absolute atomic E-state index is 13.5. The molecular weight excluding hydrogens is 361 g/mol. The maximum atomic E-state index is 13.5. The first-order chi connectivity index (χ1) is 12.7. The lowest BCUT2D eigenvalue weighted by molar-refractivity contribution is -0.0565. The van der Waals surface area contributed by atoms with Crippen molar-refractivity contribution in [3.8, 4) is 5.75 Å². The fraction of sp³-hybridized carbons (Fsp3) is 0.118. The van der Waals surface area contributed by atoms with Gasteiger partial charge in [-0.25, -0.2) is 10.0 Å². The molecule has 0 aliphatic carbocycles. The van der Waals surface area contributed by atoms with Crippen LogP contribution in [-0.4, -0.2) is 30.5 Å². The molecule has 1 heterocycles. The van der Waals surface area contributed by atoms with Crippen LogP contribution in [0.3, 0.4) is 0 Å². The molecule has 0 spiro atoms. The summed E-state index contributed by atoms with van der Waals surface area (Å²) in [5, 5.41) is 12.6. The van der Waals surface area contributed by atoms with Crippen molar-refractivity contribution in [2.75, 3.05) is 23.6 Å². The fourth-order valence-electron chi connectivity index (χ4n) is 2.46. The summed E-state index contributed by atoms with van der Waals surface area (Å²) in [5.41, 5.74) is 10.2. The summed E-state index contributed by atoms with van der Waals surface area (Å²) in [6.07, 6.45) is -4.80. The highest BCUT2D eigenvalue weighted by molar-refractivity contribution is 6.73. The van der Waals surface area contributed by atoms with Crippen LogP contribution in [0.1, 0.15) is 0 Å². The first-order valence-corrected chi connectivity index (χ1v) is 7.64. The lowest BCUT2D eigenvalue weighted by atomic mass is 10.2. The molecule has 0 atom stereocenters. The minimum absolute atomic E-state index is 0.00679. The Bertz CT molecular complexity index is 953. The summed E-state index contributed by atoms with van der Waals surface area (Å²) in [6, 6.07) is 10.7. The molecule has 0 fully saturated rings. The Morgan fingerprint density at radius 3 is 2.37 bits per heavy atom. The molecule has 10 heteroatoms. The Kier molecular flexibility index (Phi) is 4.48. The van der Waals surface area contributed by atoms with E-state index in [4.69, 9.17) is 21.6 Å². The van der Waals surface area contributed by atoms with Gasteiger partial charge in [-0.2, -0.15) is 18.3 Å². The van der Waals surface area contributed by atoms with E-state index >= 15 is 0 Å². The largest absolute Gasteiger partial charge is 0.495 e. The highest BCUT2D eigenvalue weighted by Crippen LogP contribution is 2.35. The molecule has 7 nitrogen and oxygen atoms in total. The van der Waals surface area contributed by atoms with Crippen LogP contribution in [0.2, 0.25) is 0 Å². The molecule has 0 unspecified atom stereocenters. The van der Waals surface area contributed by atoms with Crippen LogP contribution in [0.4, 0.5) is 35.9 Å². The van der Waals surface area contributed by atoms with Crippen molar-refractivity contribution >= 4 is 40.0 Å². The van der Waals surface area contributed by atoms with Gasteiger partial charge in [0, 0.05) is 6.07 Å². The summed E-state index contributed by atoms with van der Waals surface area (Å²) < 4.78 is 45.5. The van der Waals surface area contributed by atoms with Crippen molar-refractivity contribution in [1.29, 1.82) is 5.41 Å². The third-order valence-electron chi connectivity index (χ3n) is 3.74. The van der Waals surface area contributed by atoms with Crippen molar-refractivity contribution in [1.82, 2.24) is 0 Å². The van der Waals surface area contributed by atoms with Gasteiger partial charge in [-0.3, -0.25) is 5.41 Å². The first kappa shape index (κ1) is 18.2. The van der Waals surface area contributed by atoms with Crippen molar-refractivity contribution in [3.63, 3.8) is 0 Å². The Balaban J connectivity index is 2.13. The Hall–Kier alpha value is -3.56. The van der Waals surface area contributed by atoms with Crippen LogP contribution in [-0.2, 0) is 0 Å². The van der Waals surface area contributed by atoms with Crippen LogP contribution < -0.4 is 21.2 Å². The number of nitrogen functional groups attached to an aromatic ring is 2. The average Bonchev–Trinajstić information content (AvgIpc) is 2.95. The van der Waals surface area contributed by atoms with Crippen molar-refractivity contribution in [3.05, 3.63) is 42.5 Å². The zero-order valence-electron chi connectivity index (χ0n) is 14.1. The Morgan fingerprint density at radius 2 is 1.78 bits per heavy atom. The standard InChI is InChI=1S/C17H15F3N6O/c1-27-13-8-12(10(21)7-11(13)22)24-14-15(17(18,19)20)25-26(16(14)23)9-5-3-2-4-6-9/h2-8,23H,21-22H2,1H3. The number of hydrogen-bond acceptors (Lipinski definition) is 6. The predicted molar refractivity (Wildman–Crippen MR) is 99.1 cm³/mol. The summed E-state index contributed by atoms with van der Waals surface area (Å²) in [6.45, 7) is 0. The van der Waals surface area contributed by atoms with E-state index in [1.807, 2.05) is 0 Å². The number of para-hydroxylation sites is 1. The molecule has 0 radical (unpaired) electrons. The first-order valence-electron chi connectivity index (χ1n) is 7.64. The van der Waals surface area contributed by atoms with Gasteiger partial charge >= 0.3 is 6.18 Å². The number of hydrogen-bond donors (Lipinski definition) is 3. The van der Waals surface area contributed by atoms with Gasteiger partial charge in [-0.1, -0.05) is 18.2 Å². The normalized spacial score (nSPS) is 16.0. The number of alkyl halides is 3. The summed E-state index contributed by atoms with van der Waals surface area (Å²) in [7, 11) is 1.36. The summed E-state index contributed by atoms with van der Waals surface area (Å²) in [4.78, 5) is 3.95. The minimum Gasteiger partial charge on any atom is -0.495 e. The van der Waals surface area contributed by atoms with Gasteiger partial charge in [0.05, 0.1) is 29.9 Å². The highest BCUT2D eigenvalue weighted by Gasteiger charge is 2.46. The molecule has 27 heavy (non-hydrogen) atoms. The van der Waals surface area contributed by atoms with E-state index in [0.29, 0.717) is 5.69 Å². The zero-order chi connectivity index (χ0) is 19.8. The van der Waals surface area contributed by atoms with E-state index in [1.165, 1.54) is 31.4 Å². The van der Waals surface area contributed by atoms with E-state index in [-0.39, 0.29) is 22.8 Å². The van der Waals surface area contributed by atoms with Gasteiger partial charge in [0.1, 0.15) is 11.5 Å². The number of benzene rings is 2. The second-order valence-corrected chi connectivity index (χ2v) is 5.56. The molecule has 2 aromatic rings. The fourth-order valence-corrected chi connectivity index (χ4v) is 2.46. The van der Waals surface area contributed by atoms with E-state index in [0.717, 1.165) is 5.01 Å². The third kappa shape index (κ3) is 3.41. The number of nitrogens with two attached hydrogens (primary N) is 2. The summed E-state index contributed by atoms with van der Waals surface area (Å²) >= 11 is 0. The van der Waals surface area contributed by atoms with Gasteiger partial charge in [-0.15, -0.1) is 0 Å². The highest BCUT2D eigenvalue weighted by atomic mass is 19.4. The van der Waals surface area contributed by atoms with Gasteiger partial charge in [0.2, 0.25) is 0 Å². The predicted octanol–water partition coefficient (Wildman–Crippen LogP) is 3.35. The van der Waals surface area contributed by atoms with Crippen LogP contribution in [0.15, 0.2) is 52.6 Å².